The van der Waals surface area contributed by atoms with E-state index in [9.17, 15) is 0 Å². The molecule has 0 aromatic heterocycles. The second-order valence-electron chi connectivity index (χ2n) is 3.84. The fourth-order valence-corrected chi connectivity index (χ4v) is 2.00. The molecule has 0 N–H and O–H groups in total. The smallest absolute Gasteiger partial charge is 1.00 e. The van der Waals surface area contributed by atoms with Crippen LogP contribution in [0.25, 0.3) is 16.4 Å². The van der Waals surface area contributed by atoms with Crippen molar-refractivity contribution < 1.29 is 46.5 Å². The molecular formula is C17H20Cl2NTi-3. The van der Waals surface area contributed by atoms with E-state index in [2.05, 4.69) is 54.7 Å². The van der Waals surface area contributed by atoms with Crippen LogP contribution in [0, 0.1) is 13.0 Å². The van der Waals surface area contributed by atoms with Gasteiger partial charge in [0.1, 0.15) is 0 Å². The minimum atomic E-state index is 0. The summed E-state index contributed by atoms with van der Waals surface area (Å²) < 4.78 is 0. The Balaban J connectivity index is -0.000000367. The summed E-state index contributed by atoms with van der Waals surface area (Å²) in [6.07, 6.45) is 1.05. The summed E-state index contributed by atoms with van der Waals surface area (Å²) in [5.74, 6) is 0. The molecule has 0 unspecified atom stereocenters. The van der Waals surface area contributed by atoms with Crippen LogP contribution in [0.3, 0.4) is 0 Å². The molecular weight excluding hydrogens is 337 g/mol. The van der Waals surface area contributed by atoms with Gasteiger partial charge in [-0.05, 0) is 6.42 Å². The zero-order valence-corrected chi connectivity index (χ0v) is 15.7. The first kappa shape index (κ1) is 25.6. The third kappa shape index (κ3) is 6.99. The van der Waals surface area contributed by atoms with Crippen LogP contribution >= 0.6 is 0 Å². The number of fused-ring (bicyclic) bond motifs is 3. The van der Waals surface area contributed by atoms with E-state index in [0.717, 1.165) is 6.42 Å². The van der Waals surface area contributed by atoms with Crippen LogP contribution < -0.4 is 24.8 Å². The molecule has 0 heterocycles. The van der Waals surface area contributed by atoms with Gasteiger partial charge in [-0.3, -0.25) is 0 Å². The Hall–Kier alpha value is -0.306. The Morgan fingerprint density at radius 3 is 2.10 bits per heavy atom. The quantitative estimate of drug-likeness (QED) is 0.345. The molecule has 4 heteroatoms. The summed E-state index contributed by atoms with van der Waals surface area (Å²) in [6.45, 7) is 5.00. The van der Waals surface area contributed by atoms with Gasteiger partial charge in [0.25, 0.3) is 0 Å². The standard InChI is InChI=1S/C13H9.C2H6N.C2H5.2ClH.Ti/c1-3-7-12-10(5-1)9-11-6-2-4-8-13(11)12;1-3-2;1-2;;;/h1-5,7-8H,9H2;1-2H3;1H2,2H3;2*1H;/q3*-1;;;+2/p-2. The number of rotatable bonds is 0. The van der Waals surface area contributed by atoms with E-state index in [-0.39, 0.29) is 46.5 Å². The van der Waals surface area contributed by atoms with Crippen molar-refractivity contribution in [2.24, 2.45) is 0 Å². The van der Waals surface area contributed by atoms with Gasteiger partial charge >= 0.3 is 21.7 Å². The Kier molecular flexibility index (Phi) is 17.9. The van der Waals surface area contributed by atoms with Gasteiger partial charge in [-0.1, -0.05) is 35.4 Å². The van der Waals surface area contributed by atoms with Crippen molar-refractivity contribution in [1.82, 2.24) is 0 Å². The van der Waals surface area contributed by atoms with Crippen LogP contribution in [0.5, 0.6) is 0 Å². The van der Waals surface area contributed by atoms with E-state index < -0.39 is 0 Å². The maximum atomic E-state index is 3.50. The first-order chi connectivity index (χ1) is 8.86. The molecule has 0 saturated heterocycles. The van der Waals surface area contributed by atoms with Crippen molar-refractivity contribution >= 4 is 0 Å². The Morgan fingerprint density at radius 1 is 0.952 bits per heavy atom. The molecule has 0 bridgehead atoms. The number of hydrogen-bond donors (Lipinski definition) is 0. The molecule has 0 radical (unpaired) electrons. The second-order valence-corrected chi connectivity index (χ2v) is 3.84. The molecule has 0 atom stereocenters. The Morgan fingerprint density at radius 2 is 1.48 bits per heavy atom. The van der Waals surface area contributed by atoms with E-state index in [0.29, 0.717) is 0 Å². The molecule has 1 nitrogen and oxygen atoms in total. The summed E-state index contributed by atoms with van der Waals surface area (Å²) in [6, 6.07) is 18.1. The third-order valence-corrected chi connectivity index (χ3v) is 2.62. The number of nitrogens with zero attached hydrogens (tertiary/aromatic N) is 1. The number of benzene rings is 2. The van der Waals surface area contributed by atoms with Crippen molar-refractivity contribution in [2.75, 3.05) is 14.1 Å². The molecule has 1 aliphatic rings. The van der Waals surface area contributed by atoms with Crippen LogP contribution in [-0.4, -0.2) is 14.1 Å². The van der Waals surface area contributed by atoms with Gasteiger partial charge < -0.3 is 37.1 Å². The first-order valence-electron chi connectivity index (χ1n) is 6.13. The molecule has 0 fully saturated rings. The van der Waals surface area contributed by atoms with Crippen LogP contribution in [0.15, 0.2) is 42.5 Å². The van der Waals surface area contributed by atoms with Crippen LogP contribution in [-0.2, 0) is 28.1 Å². The maximum absolute atomic E-state index is 3.50. The van der Waals surface area contributed by atoms with Gasteiger partial charge in [-0.25, -0.2) is 0 Å². The average molecular weight is 357 g/mol. The third-order valence-electron chi connectivity index (χ3n) is 2.62. The molecule has 114 valence electrons. The summed E-state index contributed by atoms with van der Waals surface area (Å²) in [5.41, 5.74) is 5.51. The van der Waals surface area contributed by atoms with E-state index >= 15 is 0 Å². The molecule has 0 amide bonds. The molecule has 1 aliphatic carbocycles. The fraction of sp³-hybridized carbons (Fsp3) is 0.235. The molecule has 21 heavy (non-hydrogen) atoms. The van der Waals surface area contributed by atoms with Crippen molar-refractivity contribution in [3.05, 3.63) is 71.9 Å². The number of hydrogen-bond acceptors (Lipinski definition) is 0. The predicted molar refractivity (Wildman–Crippen MR) is 79.8 cm³/mol. The van der Waals surface area contributed by atoms with Crippen LogP contribution in [0.2, 0.25) is 0 Å². The summed E-state index contributed by atoms with van der Waals surface area (Å²) in [5, 5.41) is 3.50. The SMILES string of the molecule is C[N-]C.[CH2-]C.[Cl-].[Cl-].[Ti+2].[c-]1cccc2c1Cc1ccccc1-2. The molecule has 0 spiro atoms. The van der Waals surface area contributed by atoms with Crippen molar-refractivity contribution in [3.63, 3.8) is 0 Å². The van der Waals surface area contributed by atoms with E-state index in [4.69, 9.17) is 0 Å². The predicted octanol–water partition coefficient (Wildman–Crippen LogP) is -1.48. The van der Waals surface area contributed by atoms with Gasteiger partial charge in [-0.2, -0.15) is 50.8 Å². The topological polar surface area (TPSA) is 14.1 Å². The molecule has 2 aromatic carbocycles. The largest absolute Gasteiger partial charge is 2.00 e. The van der Waals surface area contributed by atoms with Gasteiger partial charge in [0.15, 0.2) is 0 Å². The monoisotopic (exact) mass is 356 g/mol. The fourth-order valence-electron chi connectivity index (χ4n) is 2.00. The maximum Gasteiger partial charge on any atom is 2.00 e. The minimum Gasteiger partial charge on any atom is -1.00 e. The number of halogens is 2. The van der Waals surface area contributed by atoms with Crippen molar-refractivity contribution in [3.8, 4) is 11.1 Å². The van der Waals surface area contributed by atoms with Gasteiger partial charge in [0.2, 0.25) is 0 Å². The van der Waals surface area contributed by atoms with Crippen LogP contribution in [0.1, 0.15) is 18.1 Å². The molecule has 0 aliphatic heterocycles. The van der Waals surface area contributed by atoms with Crippen molar-refractivity contribution in [2.45, 2.75) is 13.3 Å². The Labute approximate surface area is 156 Å². The summed E-state index contributed by atoms with van der Waals surface area (Å²) in [4.78, 5) is 0. The normalized spacial score (nSPS) is 8.76. The van der Waals surface area contributed by atoms with E-state index in [1.807, 2.05) is 6.07 Å². The van der Waals surface area contributed by atoms with Gasteiger partial charge in [-0.15, -0.1) is 5.56 Å². The van der Waals surface area contributed by atoms with Gasteiger partial charge in [0, 0.05) is 0 Å². The minimum absolute atomic E-state index is 0. The molecule has 3 rings (SSSR count). The average Bonchev–Trinajstić information content (AvgIpc) is 2.80. The summed E-state index contributed by atoms with van der Waals surface area (Å²) in [7, 11) is 3.50. The van der Waals surface area contributed by atoms with Crippen LogP contribution in [0.4, 0.5) is 0 Å². The Bertz CT molecular complexity index is 446. The zero-order chi connectivity index (χ0) is 13.4. The molecule has 2 aromatic rings. The van der Waals surface area contributed by atoms with Crippen molar-refractivity contribution in [1.29, 1.82) is 0 Å². The summed E-state index contributed by atoms with van der Waals surface area (Å²) >= 11 is 0. The van der Waals surface area contributed by atoms with E-state index in [1.165, 1.54) is 22.3 Å². The zero-order valence-electron chi connectivity index (χ0n) is 12.7. The van der Waals surface area contributed by atoms with E-state index in [1.54, 1.807) is 21.0 Å². The first-order valence-corrected chi connectivity index (χ1v) is 6.13. The molecule has 0 saturated carbocycles. The second kappa shape index (κ2) is 14.6. The van der Waals surface area contributed by atoms with Gasteiger partial charge in [0.05, 0.1) is 0 Å².